The highest BCUT2D eigenvalue weighted by Crippen LogP contribution is 2.15. The summed E-state index contributed by atoms with van der Waals surface area (Å²) >= 11 is 6.11. The summed E-state index contributed by atoms with van der Waals surface area (Å²) in [5.41, 5.74) is 0. The SMILES string of the molecule is C1CCNC1.C1CCNC1.C1CCOC1.C1CCOC1.C1CCSC1.C1CCSC1.C1CNCN1.C1COCN1.C1CSCN1.CC(C)C.CC(C)C.CC(C)C.CC(C)C.CC(C)C.CC(C)C.CC(C)C.CC(C)C.CC(C)C. The number of ether oxygens (including phenoxy) is 3. The van der Waals surface area contributed by atoms with Gasteiger partial charge in [-0.25, -0.2) is 0 Å². The monoisotopic (exact) mass is 1220 g/mol. The van der Waals surface area contributed by atoms with Crippen LogP contribution < -0.4 is 31.9 Å². The van der Waals surface area contributed by atoms with Gasteiger partial charge in [0, 0.05) is 70.9 Å². The Morgan fingerprint density at radius 3 is 0.568 bits per heavy atom. The van der Waals surface area contributed by atoms with Gasteiger partial charge in [0.1, 0.15) is 0 Å². The lowest BCUT2D eigenvalue weighted by Crippen LogP contribution is -2.11. The van der Waals surface area contributed by atoms with Gasteiger partial charge in [-0.3, -0.25) is 5.32 Å². The topological polar surface area (TPSA) is 99.9 Å². The molecule has 9 fully saturated rings. The van der Waals surface area contributed by atoms with E-state index in [0.29, 0.717) is 0 Å². The summed E-state index contributed by atoms with van der Waals surface area (Å²) < 4.78 is 14.7. The summed E-state index contributed by atoms with van der Waals surface area (Å²) in [4.78, 5) is 0. The normalized spacial score (nSPS) is 17.3. The summed E-state index contributed by atoms with van der Waals surface area (Å²) in [6, 6.07) is 0. The van der Waals surface area contributed by atoms with Crippen LogP contribution in [0.4, 0.5) is 0 Å². The number of hydrogen-bond donors (Lipinski definition) is 6. The summed E-state index contributed by atoms with van der Waals surface area (Å²) in [7, 11) is 0. The zero-order chi connectivity index (χ0) is 64.0. The maximum absolute atomic E-state index is 4.94. The van der Waals surface area contributed by atoms with E-state index in [1.54, 1.807) is 0 Å². The second-order valence-electron chi connectivity index (χ2n) is 27.1. The lowest BCUT2D eigenvalue weighted by molar-refractivity contribution is 0.194. The summed E-state index contributed by atoms with van der Waals surface area (Å²) in [6.07, 6.45) is 16.5. The Labute approximate surface area is 529 Å². The first-order valence-electron chi connectivity index (χ1n) is 33.8. The van der Waals surface area contributed by atoms with Crippen LogP contribution in [0.2, 0.25) is 0 Å². The second-order valence-corrected chi connectivity index (χ2v) is 30.6. The first-order chi connectivity index (χ1) is 38.1. The molecule has 0 bridgehead atoms. The van der Waals surface area contributed by atoms with Crippen LogP contribution >= 0.6 is 35.3 Å². The van der Waals surface area contributed by atoms with E-state index in [9.17, 15) is 0 Å². The second kappa shape index (κ2) is 97.0. The van der Waals surface area contributed by atoms with Crippen molar-refractivity contribution in [2.75, 3.05) is 133 Å². The van der Waals surface area contributed by atoms with E-state index in [2.05, 4.69) is 242 Å². The molecule has 9 rings (SSSR count). The van der Waals surface area contributed by atoms with Crippen LogP contribution in [0.1, 0.15) is 264 Å². The Morgan fingerprint density at radius 2 is 0.494 bits per heavy atom. The minimum atomic E-state index is 0.750. The van der Waals surface area contributed by atoms with Crippen LogP contribution in [0, 0.1) is 53.3 Å². The van der Waals surface area contributed by atoms with Crippen LogP contribution in [0.5, 0.6) is 0 Å². The Kier molecular flexibility index (Phi) is 121. The Balaban J connectivity index is -0.0000000970. The standard InChI is InChI=1S/2C4H9N.2C4H8O.2C4H8S.9C4H10.C3H8N2.C3H7NO.C3H7NS/c6*1-2-4-5-3-1;9*1-4(2)3;3*1-2-5-3-4-1/h2*5H,1-4H2;4*1-4H2;9*4H,1-3H3;4-5H,1-3H2;2*4H,1-3H2. The van der Waals surface area contributed by atoms with Crippen molar-refractivity contribution >= 4 is 35.3 Å². The molecule has 9 aliphatic heterocycles. The molecule has 0 aromatic heterocycles. The molecular formula is C69H162N6O3S3. The number of hydrogen-bond acceptors (Lipinski definition) is 12. The van der Waals surface area contributed by atoms with Crippen molar-refractivity contribution in [1.29, 1.82) is 0 Å². The van der Waals surface area contributed by atoms with Crippen molar-refractivity contribution < 1.29 is 14.2 Å². The van der Waals surface area contributed by atoms with E-state index in [0.717, 1.165) is 119 Å². The number of thioether (sulfide) groups is 3. The lowest BCUT2D eigenvalue weighted by Gasteiger charge is -1.79. The maximum Gasteiger partial charge on any atom is 0.0966 e. The van der Waals surface area contributed by atoms with E-state index >= 15 is 0 Å². The first kappa shape index (κ1) is 101. The molecule has 6 N–H and O–H groups in total. The third-order valence-electron chi connectivity index (χ3n) is 7.21. The molecule has 0 amide bonds. The van der Waals surface area contributed by atoms with Crippen molar-refractivity contribution in [2.24, 2.45) is 53.3 Å². The Bertz CT molecular complexity index is 580. The average Bonchev–Trinajstić information content (AvgIpc) is 4.22. The van der Waals surface area contributed by atoms with Crippen LogP contribution in [0.3, 0.4) is 0 Å². The molecule has 0 aromatic carbocycles. The van der Waals surface area contributed by atoms with Gasteiger partial charge in [-0.1, -0.05) is 187 Å². The van der Waals surface area contributed by atoms with Crippen molar-refractivity contribution in [3.8, 4) is 0 Å². The third kappa shape index (κ3) is 239. The molecule has 9 saturated heterocycles. The first-order valence-corrected chi connectivity index (χ1v) is 37.3. The van der Waals surface area contributed by atoms with E-state index in [1.807, 2.05) is 11.8 Å². The zero-order valence-electron chi connectivity index (χ0n) is 61.0. The minimum Gasteiger partial charge on any atom is -0.381 e. The Morgan fingerprint density at radius 1 is 0.222 bits per heavy atom. The van der Waals surface area contributed by atoms with E-state index < -0.39 is 0 Å². The third-order valence-corrected chi connectivity index (χ3v) is 10.4. The molecule has 12 heteroatoms. The molecule has 0 aromatic rings. The van der Waals surface area contributed by atoms with Crippen molar-refractivity contribution in [2.45, 2.75) is 264 Å². The van der Waals surface area contributed by atoms with Crippen molar-refractivity contribution in [1.82, 2.24) is 31.9 Å². The van der Waals surface area contributed by atoms with Gasteiger partial charge < -0.3 is 40.8 Å². The van der Waals surface area contributed by atoms with Gasteiger partial charge in [0.05, 0.1) is 13.3 Å². The van der Waals surface area contributed by atoms with Gasteiger partial charge in [-0.15, -0.1) is 11.8 Å². The number of nitrogens with one attached hydrogen (secondary N) is 6. The summed E-state index contributed by atoms with van der Waals surface area (Å²) in [6.45, 7) is 74.7. The van der Waals surface area contributed by atoms with Gasteiger partial charge >= 0.3 is 0 Å². The summed E-state index contributed by atoms with van der Waals surface area (Å²) in [5, 5.41) is 18.9. The quantitative estimate of drug-likeness (QED) is 0.139. The van der Waals surface area contributed by atoms with E-state index in [4.69, 9.17) is 14.2 Å². The number of rotatable bonds is 0. The molecule has 0 aliphatic carbocycles. The molecular weight excluding hydrogens is 1060 g/mol. The van der Waals surface area contributed by atoms with E-state index in [-0.39, 0.29) is 0 Å². The molecule has 9 nitrogen and oxygen atoms in total. The molecule has 504 valence electrons. The molecule has 0 radical (unpaired) electrons. The molecule has 9 heterocycles. The predicted octanol–water partition coefficient (Wildman–Crippen LogP) is 19.3. The predicted molar refractivity (Wildman–Crippen MR) is 387 cm³/mol. The average molecular weight is 1220 g/mol. The van der Waals surface area contributed by atoms with Crippen LogP contribution in [0.25, 0.3) is 0 Å². The van der Waals surface area contributed by atoms with Crippen LogP contribution in [0.15, 0.2) is 0 Å². The van der Waals surface area contributed by atoms with Gasteiger partial charge in [0.25, 0.3) is 0 Å². The molecule has 81 heavy (non-hydrogen) atoms. The highest BCUT2D eigenvalue weighted by atomic mass is 32.2. The molecule has 0 spiro atoms. The van der Waals surface area contributed by atoms with E-state index in [1.165, 1.54) is 144 Å². The molecule has 9 aliphatic rings. The lowest BCUT2D eigenvalue weighted by atomic mass is 10.3. The Hall–Kier alpha value is 0.690. The maximum atomic E-state index is 4.94. The van der Waals surface area contributed by atoms with Gasteiger partial charge in [0.15, 0.2) is 0 Å². The fourth-order valence-corrected chi connectivity index (χ4v) is 7.22. The minimum absolute atomic E-state index is 0.750. The fraction of sp³-hybridized carbons (Fsp3) is 1.00. The van der Waals surface area contributed by atoms with Crippen molar-refractivity contribution in [3.05, 3.63) is 0 Å². The summed E-state index contributed by atoms with van der Waals surface area (Å²) in [5.74, 6) is 15.6. The van der Waals surface area contributed by atoms with Gasteiger partial charge in [0.2, 0.25) is 0 Å². The highest BCUT2D eigenvalue weighted by Gasteiger charge is 1.98. The smallest absolute Gasteiger partial charge is 0.0966 e. The van der Waals surface area contributed by atoms with Gasteiger partial charge in [-0.2, -0.15) is 23.5 Å². The zero-order valence-corrected chi connectivity index (χ0v) is 63.4. The van der Waals surface area contributed by atoms with Crippen molar-refractivity contribution in [3.63, 3.8) is 0 Å². The van der Waals surface area contributed by atoms with Crippen LogP contribution in [-0.4, -0.2) is 133 Å². The fourth-order valence-electron chi connectivity index (χ4n) is 4.45. The molecule has 0 atom stereocenters. The molecule has 0 saturated carbocycles. The largest absolute Gasteiger partial charge is 0.381 e. The van der Waals surface area contributed by atoms with Gasteiger partial charge in [-0.05, 0) is 180 Å². The molecule has 0 unspecified atom stereocenters. The highest BCUT2D eigenvalue weighted by molar-refractivity contribution is 7.99. The van der Waals surface area contributed by atoms with Crippen LogP contribution in [-0.2, 0) is 14.2 Å².